The normalized spacial score (nSPS) is 12.2. The third-order valence-electron chi connectivity index (χ3n) is 2.90. The quantitative estimate of drug-likeness (QED) is 0.879. The lowest BCUT2D eigenvalue weighted by molar-refractivity contribution is 0.126. The number of anilines is 1. The fourth-order valence-electron chi connectivity index (χ4n) is 2.11. The number of halogens is 2. The van der Waals surface area contributed by atoms with Crippen LogP contribution in [0.25, 0.3) is 0 Å². The lowest BCUT2D eigenvalue weighted by atomic mass is 10.1. The molecule has 0 heterocycles. The second-order valence-corrected chi connectivity index (χ2v) is 6.63. The van der Waals surface area contributed by atoms with Gasteiger partial charge >= 0.3 is 0 Å². The van der Waals surface area contributed by atoms with E-state index >= 15 is 0 Å². The Hall–Kier alpha value is -1.21. The summed E-state index contributed by atoms with van der Waals surface area (Å²) in [6, 6.07) is 3.42. The number of nitrogens with one attached hydrogen (secondary N) is 1. The maximum atomic E-state index is 12.4. The van der Waals surface area contributed by atoms with E-state index in [-0.39, 0.29) is 4.90 Å². The summed E-state index contributed by atoms with van der Waals surface area (Å²) in [6.45, 7) is 5.17. The molecule has 1 aromatic rings. The first-order chi connectivity index (χ1) is 9.20. The minimum Gasteiger partial charge on any atom is -0.385 e. The zero-order chi connectivity index (χ0) is 15.5. The number of hydrogen-bond acceptors (Lipinski definition) is 3. The largest absolute Gasteiger partial charge is 0.385 e. The Kier molecular flexibility index (Phi) is 5.47. The van der Waals surface area contributed by atoms with E-state index in [1.807, 2.05) is 6.92 Å². The first kappa shape index (κ1) is 16.8. The topological polar surface area (TPSA) is 49.4 Å². The first-order valence-electron chi connectivity index (χ1n) is 6.29. The molecule has 0 amide bonds. The van der Waals surface area contributed by atoms with Gasteiger partial charge in [-0.05, 0) is 44.0 Å². The van der Waals surface area contributed by atoms with Gasteiger partial charge in [0.2, 0.25) is 10.0 Å². The highest BCUT2D eigenvalue weighted by Crippen LogP contribution is 2.27. The Bertz CT molecular complexity index is 551. The van der Waals surface area contributed by atoms with Crippen LogP contribution in [0.15, 0.2) is 17.0 Å². The molecule has 0 unspecified atom stereocenters. The van der Waals surface area contributed by atoms with Gasteiger partial charge < -0.3 is 5.32 Å². The van der Waals surface area contributed by atoms with E-state index in [9.17, 15) is 17.2 Å². The Labute approximate surface area is 118 Å². The lowest BCUT2D eigenvalue weighted by Crippen LogP contribution is -2.32. The number of alkyl halides is 2. The number of nitrogens with zero attached hydrogens (tertiary/aromatic N) is 1. The van der Waals surface area contributed by atoms with Crippen molar-refractivity contribution in [3.8, 4) is 0 Å². The van der Waals surface area contributed by atoms with E-state index in [1.165, 1.54) is 7.05 Å². The van der Waals surface area contributed by atoms with Crippen LogP contribution in [-0.2, 0) is 10.0 Å². The summed E-state index contributed by atoms with van der Waals surface area (Å²) in [6.07, 6.45) is -2.70. The average Bonchev–Trinajstić information content (AvgIpc) is 2.26. The van der Waals surface area contributed by atoms with Gasteiger partial charge in [-0.15, -0.1) is 0 Å². The van der Waals surface area contributed by atoms with E-state index in [2.05, 4.69) is 5.32 Å². The molecule has 7 heteroatoms. The van der Waals surface area contributed by atoms with Crippen LogP contribution >= 0.6 is 0 Å². The molecule has 0 spiro atoms. The molecular formula is C13H20F2N2O2S. The summed E-state index contributed by atoms with van der Waals surface area (Å²) in [5.74, 6) is 0. The maximum absolute atomic E-state index is 12.4. The van der Waals surface area contributed by atoms with Gasteiger partial charge in [-0.3, -0.25) is 0 Å². The predicted molar refractivity (Wildman–Crippen MR) is 75.9 cm³/mol. The van der Waals surface area contributed by atoms with Crippen molar-refractivity contribution in [2.45, 2.75) is 32.1 Å². The fourth-order valence-corrected chi connectivity index (χ4v) is 3.66. The molecule has 0 saturated heterocycles. The number of rotatable bonds is 6. The molecule has 0 aliphatic carbocycles. The highest BCUT2D eigenvalue weighted by Gasteiger charge is 2.27. The van der Waals surface area contributed by atoms with Gasteiger partial charge in [-0.25, -0.2) is 17.2 Å². The third kappa shape index (κ3) is 3.67. The van der Waals surface area contributed by atoms with Crippen LogP contribution in [-0.4, -0.2) is 39.3 Å². The van der Waals surface area contributed by atoms with Crippen molar-refractivity contribution < 1.29 is 17.2 Å². The van der Waals surface area contributed by atoms with Gasteiger partial charge in [-0.1, -0.05) is 0 Å². The SMILES string of the molecule is CCNc1cc(C)c(S(=O)(=O)N(C)CC(F)F)c(C)c1. The summed E-state index contributed by atoms with van der Waals surface area (Å²) >= 11 is 0. The van der Waals surface area contributed by atoms with Crippen LogP contribution in [0.4, 0.5) is 14.5 Å². The lowest BCUT2D eigenvalue weighted by Gasteiger charge is -2.20. The van der Waals surface area contributed by atoms with Crippen molar-refractivity contribution >= 4 is 15.7 Å². The minimum absolute atomic E-state index is 0.0994. The highest BCUT2D eigenvalue weighted by molar-refractivity contribution is 7.89. The zero-order valence-corrected chi connectivity index (χ0v) is 12.9. The number of sulfonamides is 1. The highest BCUT2D eigenvalue weighted by atomic mass is 32.2. The molecule has 0 bridgehead atoms. The summed E-state index contributed by atoms with van der Waals surface area (Å²) in [5, 5.41) is 3.10. The smallest absolute Gasteiger partial charge is 0.252 e. The Morgan fingerprint density at radius 2 is 1.75 bits per heavy atom. The molecule has 0 aromatic heterocycles. The Balaban J connectivity index is 3.25. The fraction of sp³-hybridized carbons (Fsp3) is 0.538. The molecule has 0 radical (unpaired) electrons. The van der Waals surface area contributed by atoms with Crippen molar-refractivity contribution in [1.29, 1.82) is 0 Å². The first-order valence-corrected chi connectivity index (χ1v) is 7.73. The van der Waals surface area contributed by atoms with Gasteiger partial charge in [0.05, 0.1) is 11.4 Å². The number of hydrogen-bond donors (Lipinski definition) is 1. The van der Waals surface area contributed by atoms with Gasteiger partial charge in [0.1, 0.15) is 0 Å². The van der Waals surface area contributed by atoms with Crippen LogP contribution < -0.4 is 5.32 Å². The maximum Gasteiger partial charge on any atom is 0.252 e. The second-order valence-electron chi connectivity index (χ2n) is 4.65. The van der Waals surface area contributed by atoms with E-state index in [4.69, 9.17) is 0 Å². The summed E-state index contributed by atoms with van der Waals surface area (Å²) in [5.41, 5.74) is 1.90. The standard InChI is InChI=1S/C13H20F2N2O2S/c1-5-16-11-6-9(2)13(10(3)7-11)20(18,19)17(4)8-12(14)15/h6-7,12,16H,5,8H2,1-4H3. The molecule has 0 aliphatic rings. The van der Waals surface area contributed by atoms with Crippen molar-refractivity contribution in [3.63, 3.8) is 0 Å². The Morgan fingerprint density at radius 3 is 2.15 bits per heavy atom. The molecule has 0 saturated carbocycles. The summed E-state index contributed by atoms with van der Waals surface area (Å²) in [4.78, 5) is 0.0994. The van der Waals surface area contributed by atoms with E-state index in [0.717, 1.165) is 12.2 Å². The molecule has 20 heavy (non-hydrogen) atoms. The number of aryl methyl sites for hydroxylation is 2. The Morgan fingerprint density at radius 1 is 1.25 bits per heavy atom. The van der Waals surface area contributed by atoms with Crippen LogP contribution in [0, 0.1) is 13.8 Å². The van der Waals surface area contributed by atoms with E-state index in [0.29, 0.717) is 15.4 Å². The van der Waals surface area contributed by atoms with Crippen molar-refractivity contribution in [2.24, 2.45) is 0 Å². The molecule has 0 aliphatic heterocycles. The zero-order valence-electron chi connectivity index (χ0n) is 12.1. The summed E-state index contributed by atoms with van der Waals surface area (Å²) < 4.78 is 50.2. The molecular weight excluding hydrogens is 286 g/mol. The molecule has 1 rings (SSSR count). The number of benzene rings is 1. The molecule has 4 nitrogen and oxygen atoms in total. The van der Waals surface area contributed by atoms with Crippen molar-refractivity contribution in [2.75, 3.05) is 25.5 Å². The molecule has 1 N–H and O–H groups in total. The van der Waals surface area contributed by atoms with Crippen LogP contribution in [0.3, 0.4) is 0 Å². The monoisotopic (exact) mass is 306 g/mol. The van der Waals surface area contributed by atoms with Crippen LogP contribution in [0.2, 0.25) is 0 Å². The third-order valence-corrected chi connectivity index (χ3v) is 5.03. The van der Waals surface area contributed by atoms with Gasteiger partial charge in [0.25, 0.3) is 6.43 Å². The predicted octanol–water partition coefficient (Wildman–Crippen LogP) is 2.62. The summed E-state index contributed by atoms with van der Waals surface area (Å²) in [7, 11) is -2.74. The van der Waals surface area contributed by atoms with Crippen molar-refractivity contribution in [1.82, 2.24) is 4.31 Å². The van der Waals surface area contributed by atoms with Gasteiger partial charge in [0.15, 0.2) is 0 Å². The minimum atomic E-state index is -3.90. The van der Waals surface area contributed by atoms with E-state index < -0.39 is 23.0 Å². The average molecular weight is 306 g/mol. The van der Waals surface area contributed by atoms with Crippen molar-refractivity contribution in [3.05, 3.63) is 23.3 Å². The molecule has 114 valence electrons. The van der Waals surface area contributed by atoms with Gasteiger partial charge in [-0.2, -0.15) is 4.31 Å². The second kappa shape index (κ2) is 6.49. The van der Waals surface area contributed by atoms with Gasteiger partial charge in [0, 0.05) is 19.3 Å². The molecule has 1 aromatic carbocycles. The van der Waals surface area contributed by atoms with E-state index in [1.54, 1.807) is 26.0 Å². The van der Waals surface area contributed by atoms with Crippen LogP contribution in [0.5, 0.6) is 0 Å². The molecule has 0 fully saturated rings. The molecule has 0 atom stereocenters. The van der Waals surface area contributed by atoms with Crippen LogP contribution in [0.1, 0.15) is 18.1 Å².